The molecule has 0 radical (unpaired) electrons. The number of carbonyl (C=O) groups excluding carboxylic acids is 1. The molecule has 1 spiro atoms. The molecule has 0 N–H and O–H groups in total. The van der Waals surface area contributed by atoms with Gasteiger partial charge in [0.05, 0.1) is 0 Å². The van der Waals surface area contributed by atoms with Crippen LogP contribution in [0.15, 0.2) is 29.2 Å². The maximum atomic E-state index is 13.9. The van der Waals surface area contributed by atoms with E-state index in [9.17, 15) is 17.6 Å². The van der Waals surface area contributed by atoms with E-state index in [-0.39, 0.29) is 28.3 Å². The van der Waals surface area contributed by atoms with E-state index < -0.39 is 15.8 Å². The van der Waals surface area contributed by atoms with Crippen molar-refractivity contribution in [1.82, 2.24) is 9.21 Å². The zero-order chi connectivity index (χ0) is 18.5. The van der Waals surface area contributed by atoms with Crippen LogP contribution in [0.3, 0.4) is 0 Å². The van der Waals surface area contributed by atoms with Crippen LogP contribution in [0.1, 0.15) is 45.4 Å². The van der Waals surface area contributed by atoms with Crippen LogP contribution in [-0.2, 0) is 14.8 Å². The average Bonchev–Trinajstić information content (AvgIpc) is 2.67. The number of likely N-dealkylation sites (tertiary alicyclic amines) is 1. The normalized spacial score (nSPS) is 27.1. The molecule has 5 nitrogen and oxygen atoms in total. The maximum Gasteiger partial charge on any atom is 0.246 e. The van der Waals surface area contributed by atoms with Gasteiger partial charge in [0.15, 0.2) is 0 Å². The van der Waals surface area contributed by atoms with Gasteiger partial charge in [-0.25, -0.2) is 12.8 Å². The third-order valence-corrected chi connectivity index (χ3v) is 8.06. The SMILES string of the molecule is CC1CCCCC(=O)N1C1CC2(C1)CN(S(=O)(=O)c1ccccc1F)C2. The summed E-state index contributed by atoms with van der Waals surface area (Å²) in [6, 6.07) is 6.02. The van der Waals surface area contributed by atoms with Crippen LogP contribution < -0.4 is 0 Å². The number of nitrogens with zero attached hydrogens (tertiary/aromatic N) is 2. The monoisotopic (exact) mass is 380 g/mol. The molecule has 3 aliphatic rings. The van der Waals surface area contributed by atoms with Crippen LogP contribution in [0.4, 0.5) is 4.39 Å². The highest BCUT2D eigenvalue weighted by molar-refractivity contribution is 7.89. The van der Waals surface area contributed by atoms with E-state index in [1.165, 1.54) is 28.6 Å². The second kappa shape index (κ2) is 6.30. The first-order chi connectivity index (χ1) is 12.3. The van der Waals surface area contributed by atoms with Gasteiger partial charge in [0.25, 0.3) is 0 Å². The largest absolute Gasteiger partial charge is 0.337 e. The molecule has 4 rings (SSSR count). The molecule has 1 aliphatic carbocycles. The van der Waals surface area contributed by atoms with Crippen LogP contribution >= 0.6 is 0 Å². The van der Waals surface area contributed by atoms with Crippen LogP contribution in [0.2, 0.25) is 0 Å². The number of rotatable bonds is 3. The lowest BCUT2D eigenvalue weighted by Crippen LogP contribution is -2.68. The lowest BCUT2D eigenvalue weighted by molar-refractivity contribution is -0.146. The molecule has 0 aromatic heterocycles. The summed E-state index contributed by atoms with van der Waals surface area (Å²) in [6.07, 6.45) is 5.44. The van der Waals surface area contributed by atoms with Gasteiger partial charge in [-0.05, 0) is 44.7 Å². The number of amides is 1. The maximum absolute atomic E-state index is 13.9. The van der Waals surface area contributed by atoms with Gasteiger partial charge in [-0.1, -0.05) is 18.6 Å². The van der Waals surface area contributed by atoms with Gasteiger partial charge in [-0.2, -0.15) is 4.31 Å². The summed E-state index contributed by atoms with van der Waals surface area (Å²) in [7, 11) is -3.77. The minimum atomic E-state index is -3.77. The topological polar surface area (TPSA) is 57.7 Å². The van der Waals surface area contributed by atoms with Crippen molar-refractivity contribution in [2.45, 2.75) is 62.4 Å². The fraction of sp³-hybridized carbons (Fsp3) is 0.632. The van der Waals surface area contributed by atoms with E-state index >= 15 is 0 Å². The predicted molar refractivity (Wildman–Crippen MR) is 95.4 cm³/mol. The molecule has 1 unspecified atom stereocenters. The molecule has 1 aromatic carbocycles. The minimum absolute atomic E-state index is 0.0324. The Morgan fingerprint density at radius 2 is 1.85 bits per heavy atom. The first-order valence-electron chi connectivity index (χ1n) is 9.38. The number of benzene rings is 1. The zero-order valence-electron chi connectivity index (χ0n) is 15.0. The first-order valence-corrected chi connectivity index (χ1v) is 10.8. The molecule has 0 bridgehead atoms. The molecule has 1 amide bonds. The van der Waals surface area contributed by atoms with Crippen LogP contribution in [0, 0.1) is 11.2 Å². The minimum Gasteiger partial charge on any atom is -0.337 e. The fourth-order valence-electron chi connectivity index (χ4n) is 4.85. The molecule has 142 valence electrons. The number of halogens is 1. The van der Waals surface area contributed by atoms with Crippen molar-refractivity contribution in [3.63, 3.8) is 0 Å². The zero-order valence-corrected chi connectivity index (χ0v) is 15.8. The summed E-state index contributed by atoms with van der Waals surface area (Å²) in [6.45, 7) is 2.97. The van der Waals surface area contributed by atoms with E-state index in [1.54, 1.807) is 0 Å². The molecule has 1 aromatic rings. The van der Waals surface area contributed by atoms with E-state index in [0.717, 1.165) is 32.1 Å². The molecule has 26 heavy (non-hydrogen) atoms. The standard InChI is InChI=1S/C19H25FN2O3S/c1-14-6-2-5-9-18(23)22(14)15-10-19(11-15)12-21(13-19)26(24,25)17-8-4-3-7-16(17)20/h3-4,7-8,14-15H,2,5-6,9-13H2,1H3. The van der Waals surface area contributed by atoms with Crippen molar-refractivity contribution < 1.29 is 17.6 Å². The predicted octanol–water partition coefficient (Wildman–Crippen LogP) is 2.77. The Labute approximate surface area is 154 Å². The van der Waals surface area contributed by atoms with Crippen LogP contribution in [0.5, 0.6) is 0 Å². The molecular weight excluding hydrogens is 355 g/mol. The lowest BCUT2D eigenvalue weighted by Gasteiger charge is -2.60. The Hall–Kier alpha value is -1.47. The second-order valence-corrected chi connectivity index (χ2v) is 10.1. The third-order valence-electron chi connectivity index (χ3n) is 6.23. The molecule has 1 atom stereocenters. The lowest BCUT2D eigenvalue weighted by atomic mass is 9.61. The smallest absolute Gasteiger partial charge is 0.246 e. The average molecular weight is 380 g/mol. The number of carbonyl (C=O) groups is 1. The number of hydrogen-bond acceptors (Lipinski definition) is 3. The van der Waals surface area contributed by atoms with Gasteiger partial charge in [-0.3, -0.25) is 4.79 Å². The quantitative estimate of drug-likeness (QED) is 0.810. The van der Waals surface area contributed by atoms with Crippen molar-refractivity contribution in [2.75, 3.05) is 13.1 Å². The van der Waals surface area contributed by atoms with Gasteiger partial charge >= 0.3 is 0 Å². The third kappa shape index (κ3) is 2.85. The molecule has 3 fully saturated rings. The van der Waals surface area contributed by atoms with E-state index in [1.807, 2.05) is 4.90 Å². The molecule has 7 heteroatoms. The van der Waals surface area contributed by atoms with Crippen molar-refractivity contribution in [3.8, 4) is 0 Å². The van der Waals surface area contributed by atoms with Gasteiger partial charge in [0.2, 0.25) is 15.9 Å². The highest BCUT2D eigenvalue weighted by atomic mass is 32.2. The molecule has 2 heterocycles. The Bertz CT molecular complexity index is 812. The summed E-state index contributed by atoms with van der Waals surface area (Å²) in [5.74, 6) is -0.464. The van der Waals surface area contributed by atoms with Gasteiger partial charge in [-0.15, -0.1) is 0 Å². The Kier molecular flexibility index (Phi) is 4.34. The summed E-state index contributed by atoms with van der Waals surface area (Å²) in [4.78, 5) is 14.2. The van der Waals surface area contributed by atoms with E-state index in [2.05, 4.69) is 6.92 Å². The van der Waals surface area contributed by atoms with Crippen molar-refractivity contribution >= 4 is 15.9 Å². The van der Waals surface area contributed by atoms with E-state index in [0.29, 0.717) is 19.5 Å². The summed E-state index contributed by atoms with van der Waals surface area (Å²) in [5, 5.41) is 0. The molecular formula is C19H25FN2O3S. The van der Waals surface area contributed by atoms with Gasteiger partial charge in [0, 0.05) is 37.0 Å². The molecule has 1 saturated carbocycles. The summed E-state index contributed by atoms with van der Waals surface area (Å²) >= 11 is 0. The Morgan fingerprint density at radius 1 is 1.15 bits per heavy atom. The molecule has 2 saturated heterocycles. The highest BCUT2D eigenvalue weighted by Crippen LogP contribution is 2.52. The number of hydrogen-bond donors (Lipinski definition) is 0. The van der Waals surface area contributed by atoms with Crippen molar-refractivity contribution in [1.29, 1.82) is 0 Å². The van der Waals surface area contributed by atoms with Crippen molar-refractivity contribution in [3.05, 3.63) is 30.1 Å². The molecule has 2 aliphatic heterocycles. The fourth-order valence-corrected chi connectivity index (χ4v) is 6.58. The number of sulfonamides is 1. The Morgan fingerprint density at radius 3 is 2.54 bits per heavy atom. The first kappa shape index (κ1) is 17.9. The summed E-state index contributed by atoms with van der Waals surface area (Å²) < 4.78 is 40.5. The van der Waals surface area contributed by atoms with Gasteiger partial charge < -0.3 is 4.90 Å². The Balaban J connectivity index is 1.40. The van der Waals surface area contributed by atoms with Crippen molar-refractivity contribution in [2.24, 2.45) is 5.41 Å². The van der Waals surface area contributed by atoms with Crippen LogP contribution in [-0.4, -0.2) is 48.7 Å². The highest BCUT2D eigenvalue weighted by Gasteiger charge is 2.58. The van der Waals surface area contributed by atoms with Gasteiger partial charge in [0.1, 0.15) is 10.7 Å². The van der Waals surface area contributed by atoms with E-state index in [4.69, 9.17) is 0 Å². The summed E-state index contributed by atoms with van der Waals surface area (Å²) in [5.41, 5.74) is -0.0324. The second-order valence-electron chi connectivity index (χ2n) is 8.16. The van der Waals surface area contributed by atoms with Crippen LogP contribution in [0.25, 0.3) is 0 Å².